The summed E-state index contributed by atoms with van der Waals surface area (Å²) >= 11 is 1.59. The zero-order chi connectivity index (χ0) is 13.1. The SMILES string of the molecule is CCC(SC)C(=O)NCc1nnc(C)n1C1CC1. The Balaban J connectivity index is 1.96. The van der Waals surface area contributed by atoms with Crippen molar-refractivity contribution in [2.45, 2.75) is 50.9 Å². The quantitative estimate of drug-likeness (QED) is 0.852. The summed E-state index contributed by atoms with van der Waals surface area (Å²) in [6, 6.07) is 0.550. The molecule has 0 saturated heterocycles. The Morgan fingerprint density at radius 3 is 2.83 bits per heavy atom. The molecule has 1 aromatic rings. The first kappa shape index (κ1) is 13.4. The lowest BCUT2D eigenvalue weighted by Gasteiger charge is -2.12. The van der Waals surface area contributed by atoms with Crippen molar-refractivity contribution in [3.63, 3.8) is 0 Å². The van der Waals surface area contributed by atoms with Gasteiger partial charge in [0.05, 0.1) is 11.8 Å². The van der Waals surface area contributed by atoms with Crippen LogP contribution in [0.25, 0.3) is 0 Å². The smallest absolute Gasteiger partial charge is 0.233 e. The van der Waals surface area contributed by atoms with Crippen LogP contribution in [0, 0.1) is 6.92 Å². The zero-order valence-electron chi connectivity index (χ0n) is 11.1. The van der Waals surface area contributed by atoms with Gasteiger partial charge in [0.1, 0.15) is 5.82 Å². The van der Waals surface area contributed by atoms with Crippen molar-refractivity contribution >= 4 is 17.7 Å². The largest absolute Gasteiger partial charge is 0.348 e. The van der Waals surface area contributed by atoms with Crippen molar-refractivity contribution in [2.75, 3.05) is 6.26 Å². The van der Waals surface area contributed by atoms with Crippen molar-refractivity contribution in [3.05, 3.63) is 11.6 Å². The topological polar surface area (TPSA) is 59.8 Å². The Hall–Kier alpha value is -1.04. The molecule has 1 unspecified atom stereocenters. The summed E-state index contributed by atoms with van der Waals surface area (Å²) in [7, 11) is 0. The minimum absolute atomic E-state index is 0.0309. The van der Waals surface area contributed by atoms with Gasteiger partial charge in [-0.1, -0.05) is 6.92 Å². The molecule has 0 spiro atoms. The second kappa shape index (κ2) is 5.73. The lowest BCUT2D eigenvalue weighted by atomic mass is 10.3. The lowest BCUT2D eigenvalue weighted by molar-refractivity contribution is -0.120. The van der Waals surface area contributed by atoms with Crippen molar-refractivity contribution in [3.8, 4) is 0 Å². The number of aromatic nitrogens is 3. The number of rotatable bonds is 6. The van der Waals surface area contributed by atoms with Crippen molar-refractivity contribution in [1.82, 2.24) is 20.1 Å². The minimum atomic E-state index is 0.0309. The zero-order valence-corrected chi connectivity index (χ0v) is 12.0. The Morgan fingerprint density at radius 1 is 1.56 bits per heavy atom. The van der Waals surface area contributed by atoms with Crippen LogP contribution in [0.5, 0.6) is 0 Å². The molecule has 1 fully saturated rings. The lowest BCUT2D eigenvalue weighted by Crippen LogP contribution is -2.32. The predicted octanol–water partition coefficient (Wildman–Crippen LogP) is 1.68. The monoisotopic (exact) mass is 268 g/mol. The van der Waals surface area contributed by atoms with Crippen LogP contribution in [0.2, 0.25) is 0 Å². The Labute approximate surface area is 112 Å². The van der Waals surface area contributed by atoms with Gasteiger partial charge in [-0.25, -0.2) is 0 Å². The molecule has 0 aromatic carbocycles. The van der Waals surface area contributed by atoms with Crippen LogP contribution in [0.15, 0.2) is 0 Å². The summed E-state index contributed by atoms with van der Waals surface area (Å²) in [5.74, 6) is 1.91. The number of amides is 1. The average molecular weight is 268 g/mol. The fourth-order valence-electron chi connectivity index (χ4n) is 2.08. The third-order valence-electron chi connectivity index (χ3n) is 3.22. The van der Waals surface area contributed by atoms with Crippen molar-refractivity contribution in [2.24, 2.45) is 0 Å². The predicted molar refractivity (Wildman–Crippen MR) is 72.5 cm³/mol. The molecule has 1 amide bonds. The van der Waals surface area contributed by atoms with Gasteiger partial charge in [-0.3, -0.25) is 4.79 Å². The van der Waals surface area contributed by atoms with E-state index >= 15 is 0 Å². The average Bonchev–Trinajstić information content (AvgIpc) is 3.12. The van der Waals surface area contributed by atoms with Gasteiger partial charge in [0, 0.05) is 6.04 Å². The van der Waals surface area contributed by atoms with E-state index in [0.717, 1.165) is 18.1 Å². The van der Waals surface area contributed by atoms with Crippen LogP contribution in [0.1, 0.15) is 43.9 Å². The Morgan fingerprint density at radius 2 is 2.28 bits per heavy atom. The van der Waals surface area contributed by atoms with Crippen LogP contribution in [0.4, 0.5) is 0 Å². The molecule has 0 radical (unpaired) electrons. The highest BCUT2D eigenvalue weighted by atomic mass is 32.2. The molecule has 1 heterocycles. The van der Waals surface area contributed by atoms with E-state index in [1.807, 2.05) is 20.1 Å². The first-order chi connectivity index (χ1) is 8.67. The third kappa shape index (κ3) is 2.85. The van der Waals surface area contributed by atoms with Crippen molar-refractivity contribution in [1.29, 1.82) is 0 Å². The molecular weight excluding hydrogens is 248 g/mol. The van der Waals surface area contributed by atoms with Crippen LogP contribution in [0.3, 0.4) is 0 Å². The first-order valence-electron chi connectivity index (χ1n) is 6.38. The van der Waals surface area contributed by atoms with Crippen molar-refractivity contribution < 1.29 is 4.79 Å². The minimum Gasteiger partial charge on any atom is -0.348 e. The number of aryl methyl sites for hydroxylation is 1. The molecular formula is C12H20N4OS. The second-order valence-electron chi connectivity index (χ2n) is 4.62. The van der Waals surface area contributed by atoms with Gasteiger partial charge in [0.25, 0.3) is 0 Å². The Kier molecular flexibility index (Phi) is 4.27. The third-order valence-corrected chi connectivity index (χ3v) is 4.33. The molecule has 0 aliphatic heterocycles. The van der Waals surface area contributed by atoms with E-state index in [0.29, 0.717) is 12.6 Å². The summed E-state index contributed by atoms with van der Waals surface area (Å²) in [6.07, 6.45) is 5.20. The summed E-state index contributed by atoms with van der Waals surface area (Å²) < 4.78 is 2.15. The van der Waals surface area contributed by atoms with Gasteiger partial charge in [-0.15, -0.1) is 10.2 Å². The van der Waals surface area contributed by atoms with Crippen LogP contribution < -0.4 is 5.32 Å². The molecule has 6 heteroatoms. The van der Waals surface area contributed by atoms with Gasteiger partial charge in [0.15, 0.2) is 5.82 Å². The van der Waals surface area contributed by atoms with Gasteiger partial charge >= 0.3 is 0 Å². The number of carbonyl (C=O) groups is 1. The molecule has 1 aliphatic carbocycles. The molecule has 1 saturated carbocycles. The molecule has 1 atom stereocenters. The van der Waals surface area contributed by atoms with Gasteiger partial charge in [-0.2, -0.15) is 11.8 Å². The summed E-state index contributed by atoms with van der Waals surface area (Å²) in [6.45, 7) is 4.47. The second-order valence-corrected chi connectivity index (χ2v) is 5.66. The summed E-state index contributed by atoms with van der Waals surface area (Å²) in [5, 5.41) is 11.2. The van der Waals surface area contributed by atoms with E-state index in [-0.39, 0.29) is 11.2 Å². The van der Waals surface area contributed by atoms with Crippen LogP contribution in [-0.2, 0) is 11.3 Å². The van der Waals surface area contributed by atoms with Gasteiger partial charge < -0.3 is 9.88 Å². The maximum absolute atomic E-state index is 11.9. The normalized spacial score (nSPS) is 16.6. The molecule has 18 heavy (non-hydrogen) atoms. The molecule has 2 rings (SSSR count). The number of hydrogen-bond donors (Lipinski definition) is 1. The highest BCUT2D eigenvalue weighted by Gasteiger charge is 2.28. The van der Waals surface area contributed by atoms with E-state index < -0.39 is 0 Å². The molecule has 1 N–H and O–H groups in total. The number of nitrogens with one attached hydrogen (secondary N) is 1. The summed E-state index contributed by atoms with van der Waals surface area (Å²) in [4.78, 5) is 11.9. The Bertz CT molecular complexity index is 424. The van der Waals surface area contributed by atoms with E-state index in [2.05, 4.69) is 20.1 Å². The highest BCUT2D eigenvalue weighted by Crippen LogP contribution is 2.36. The molecule has 100 valence electrons. The standard InChI is InChI=1S/C12H20N4OS/c1-4-10(18-3)12(17)13-7-11-15-14-8(2)16(11)9-5-6-9/h9-10H,4-7H2,1-3H3,(H,13,17). The van der Waals surface area contributed by atoms with E-state index in [9.17, 15) is 4.79 Å². The number of nitrogens with zero attached hydrogens (tertiary/aromatic N) is 3. The fourth-order valence-corrected chi connectivity index (χ4v) is 2.71. The van der Waals surface area contributed by atoms with Crippen LogP contribution in [-0.4, -0.2) is 32.2 Å². The maximum Gasteiger partial charge on any atom is 0.233 e. The van der Waals surface area contributed by atoms with E-state index in [1.165, 1.54) is 12.8 Å². The van der Waals surface area contributed by atoms with Crippen LogP contribution >= 0.6 is 11.8 Å². The number of thioether (sulfide) groups is 1. The molecule has 0 bridgehead atoms. The molecule has 5 nitrogen and oxygen atoms in total. The summed E-state index contributed by atoms with van der Waals surface area (Å²) in [5.41, 5.74) is 0. The first-order valence-corrected chi connectivity index (χ1v) is 7.67. The molecule has 1 aromatic heterocycles. The maximum atomic E-state index is 11.9. The van der Waals surface area contributed by atoms with Gasteiger partial charge in [0.2, 0.25) is 5.91 Å². The highest BCUT2D eigenvalue weighted by molar-refractivity contribution is 7.99. The van der Waals surface area contributed by atoms with E-state index in [4.69, 9.17) is 0 Å². The fraction of sp³-hybridized carbons (Fsp3) is 0.750. The van der Waals surface area contributed by atoms with Gasteiger partial charge in [-0.05, 0) is 32.4 Å². The van der Waals surface area contributed by atoms with E-state index in [1.54, 1.807) is 11.8 Å². The molecule has 1 aliphatic rings. The number of carbonyl (C=O) groups excluding carboxylic acids is 1. The number of hydrogen-bond acceptors (Lipinski definition) is 4.